The van der Waals surface area contributed by atoms with Gasteiger partial charge in [0.25, 0.3) is 11.8 Å². The molecule has 28 heavy (non-hydrogen) atoms. The summed E-state index contributed by atoms with van der Waals surface area (Å²) in [5.41, 5.74) is 1.85. The fourth-order valence-electron chi connectivity index (χ4n) is 3.39. The third-order valence-corrected chi connectivity index (χ3v) is 5.63. The van der Waals surface area contributed by atoms with Crippen molar-refractivity contribution < 1.29 is 23.8 Å². The largest absolute Gasteiger partial charge is 0.327 e. The van der Waals surface area contributed by atoms with Crippen LogP contribution in [0.5, 0.6) is 0 Å². The first kappa shape index (κ1) is 20.4. The predicted octanol–water partition coefficient (Wildman–Crippen LogP) is -0.732. The Labute approximate surface area is 168 Å². The van der Waals surface area contributed by atoms with E-state index in [1.54, 1.807) is 23.5 Å². The molecule has 1 aromatic carbocycles. The first-order valence-electron chi connectivity index (χ1n) is 9.49. The van der Waals surface area contributed by atoms with Gasteiger partial charge < -0.3 is 20.0 Å². The Morgan fingerprint density at radius 1 is 1.21 bits per heavy atom. The summed E-state index contributed by atoms with van der Waals surface area (Å²) in [5, 5.41) is 6.96. The summed E-state index contributed by atoms with van der Waals surface area (Å²) in [6, 6.07) is 7.84. The minimum Gasteiger partial charge on any atom is -0.327 e. The highest BCUT2D eigenvalue weighted by Gasteiger charge is 2.26. The molecule has 2 aromatic rings. The first-order chi connectivity index (χ1) is 13.5. The fraction of sp³-hybridized carbons (Fsp3) is 0.400. The molecule has 2 amide bonds. The van der Waals surface area contributed by atoms with E-state index in [0.717, 1.165) is 24.5 Å². The number of thiophene rings is 1. The summed E-state index contributed by atoms with van der Waals surface area (Å²) in [5.74, 6) is -0.254. The van der Waals surface area contributed by atoms with Gasteiger partial charge in [0.1, 0.15) is 12.4 Å². The number of carbonyl (C=O) groups is 2. The lowest BCUT2D eigenvalue weighted by Gasteiger charge is -2.32. The third kappa shape index (κ3) is 6.12. The Kier molecular flexibility index (Phi) is 7.13. The molecule has 3 rings (SSSR count). The summed E-state index contributed by atoms with van der Waals surface area (Å²) in [6.07, 6.45) is 0. The highest BCUT2D eigenvalue weighted by Crippen LogP contribution is 2.07. The number of anilines is 1. The molecule has 150 valence electrons. The molecule has 2 heterocycles. The van der Waals surface area contributed by atoms with Crippen LogP contribution in [0, 0.1) is 5.82 Å². The molecule has 1 atom stereocenters. The number of nitrogens with one attached hydrogen (secondary N) is 3. The van der Waals surface area contributed by atoms with Gasteiger partial charge in [-0.05, 0) is 41.1 Å². The Balaban J connectivity index is 1.38. The minimum absolute atomic E-state index is 0.0960. The summed E-state index contributed by atoms with van der Waals surface area (Å²) >= 11 is 1.67. The van der Waals surface area contributed by atoms with E-state index in [0.29, 0.717) is 31.9 Å². The maximum absolute atomic E-state index is 12.9. The van der Waals surface area contributed by atoms with Crippen LogP contribution < -0.4 is 15.1 Å². The van der Waals surface area contributed by atoms with Crippen molar-refractivity contribution in [1.29, 1.82) is 0 Å². The molecule has 6 nitrogen and oxygen atoms in total. The molecule has 0 spiro atoms. The third-order valence-electron chi connectivity index (χ3n) is 4.90. The quantitative estimate of drug-likeness (QED) is 0.568. The summed E-state index contributed by atoms with van der Waals surface area (Å²) in [4.78, 5) is 28.9. The van der Waals surface area contributed by atoms with Gasteiger partial charge >= 0.3 is 0 Å². The van der Waals surface area contributed by atoms with Gasteiger partial charge in [0.2, 0.25) is 0 Å². The summed E-state index contributed by atoms with van der Waals surface area (Å²) in [6.45, 7) is 4.54. The Hall–Kier alpha value is -2.29. The number of hydrogen-bond donors (Lipinski definition) is 3. The number of likely N-dealkylation sites (N-methyl/N-ethyl adjacent to an activating group) is 1. The topological polar surface area (TPSA) is 58.3 Å². The van der Waals surface area contributed by atoms with E-state index in [4.69, 9.17) is 0 Å². The predicted molar refractivity (Wildman–Crippen MR) is 107 cm³/mol. The normalized spacial score (nSPS) is 16.0. The molecule has 1 saturated heterocycles. The fourth-order valence-corrected chi connectivity index (χ4v) is 4.06. The van der Waals surface area contributed by atoms with Crippen molar-refractivity contribution in [2.75, 3.05) is 51.6 Å². The average Bonchev–Trinajstić information content (AvgIpc) is 3.17. The van der Waals surface area contributed by atoms with E-state index in [1.807, 2.05) is 11.9 Å². The SMILES string of the molecule is C[NH+](CC(=O)N1CC[NH+](CC(=O)Nc2ccc(F)cc2)CC1)Cc1ccsc1. The molecule has 1 aliphatic rings. The number of amides is 2. The molecule has 0 bridgehead atoms. The Bertz CT molecular complexity index is 774. The molecule has 1 fully saturated rings. The van der Waals surface area contributed by atoms with Crippen LogP contribution in [0.25, 0.3) is 0 Å². The second kappa shape index (κ2) is 9.77. The number of rotatable bonds is 7. The van der Waals surface area contributed by atoms with Crippen LogP contribution in [0.4, 0.5) is 10.1 Å². The van der Waals surface area contributed by atoms with Gasteiger partial charge in [-0.2, -0.15) is 11.3 Å². The molecular formula is C20H27FN4O2S+2. The van der Waals surface area contributed by atoms with Gasteiger partial charge in [0.05, 0.1) is 33.2 Å². The number of hydrogen-bond acceptors (Lipinski definition) is 3. The standard InChI is InChI=1S/C20H25FN4O2S/c1-23(12-16-6-11-28-15-16)14-20(27)25-9-7-24(8-10-25)13-19(26)22-18-4-2-17(21)3-5-18/h2-6,11,15H,7-10,12-14H2,1H3,(H,22,26)/p+2. The van der Waals surface area contributed by atoms with Crippen LogP contribution in [0.15, 0.2) is 41.1 Å². The first-order valence-corrected chi connectivity index (χ1v) is 10.4. The van der Waals surface area contributed by atoms with E-state index >= 15 is 0 Å². The maximum Gasteiger partial charge on any atom is 0.279 e. The van der Waals surface area contributed by atoms with E-state index in [-0.39, 0.29) is 17.6 Å². The van der Waals surface area contributed by atoms with Crippen molar-refractivity contribution in [3.05, 3.63) is 52.5 Å². The zero-order chi connectivity index (χ0) is 19.9. The second-order valence-electron chi connectivity index (χ2n) is 7.30. The van der Waals surface area contributed by atoms with Crippen LogP contribution in [0.1, 0.15) is 5.56 Å². The average molecular weight is 407 g/mol. The van der Waals surface area contributed by atoms with Crippen LogP contribution >= 0.6 is 11.3 Å². The molecule has 0 radical (unpaired) electrons. The van der Waals surface area contributed by atoms with Gasteiger partial charge in [0.15, 0.2) is 13.1 Å². The second-order valence-corrected chi connectivity index (χ2v) is 8.08. The number of piperazine rings is 1. The molecule has 1 aromatic heterocycles. The van der Waals surface area contributed by atoms with E-state index in [2.05, 4.69) is 22.1 Å². The van der Waals surface area contributed by atoms with Gasteiger partial charge in [-0.3, -0.25) is 9.59 Å². The molecule has 1 aliphatic heterocycles. The van der Waals surface area contributed by atoms with E-state index in [9.17, 15) is 14.0 Å². The highest BCUT2D eigenvalue weighted by molar-refractivity contribution is 7.07. The summed E-state index contributed by atoms with van der Waals surface area (Å²) in [7, 11) is 2.04. The minimum atomic E-state index is -0.327. The molecule has 0 aliphatic carbocycles. The van der Waals surface area contributed by atoms with Gasteiger partial charge in [-0.1, -0.05) is 0 Å². The van der Waals surface area contributed by atoms with Crippen molar-refractivity contribution in [2.45, 2.75) is 6.54 Å². The lowest BCUT2D eigenvalue weighted by molar-refractivity contribution is -0.896. The molecule has 0 saturated carbocycles. The summed E-state index contributed by atoms with van der Waals surface area (Å²) < 4.78 is 12.9. The van der Waals surface area contributed by atoms with Crippen LogP contribution in [0.3, 0.4) is 0 Å². The van der Waals surface area contributed by atoms with Crippen LogP contribution in [0.2, 0.25) is 0 Å². The van der Waals surface area contributed by atoms with E-state index in [1.165, 1.54) is 22.6 Å². The van der Waals surface area contributed by atoms with Crippen molar-refractivity contribution in [1.82, 2.24) is 4.90 Å². The molecule has 1 unspecified atom stereocenters. The zero-order valence-electron chi connectivity index (χ0n) is 16.0. The number of benzene rings is 1. The van der Waals surface area contributed by atoms with Gasteiger partial charge in [0, 0.05) is 11.3 Å². The highest BCUT2D eigenvalue weighted by atomic mass is 32.1. The number of halogens is 1. The van der Waals surface area contributed by atoms with Crippen molar-refractivity contribution in [3.8, 4) is 0 Å². The molecular weight excluding hydrogens is 379 g/mol. The Morgan fingerprint density at radius 3 is 2.57 bits per heavy atom. The van der Waals surface area contributed by atoms with E-state index < -0.39 is 0 Å². The lowest BCUT2D eigenvalue weighted by Crippen LogP contribution is -3.16. The van der Waals surface area contributed by atoms with Crippen molar-refractivity contribution in [2.24, 2.45) is 0 Å². The van der Waals surface area contributed by atoms with Crippen LogP contribution in [-0.4, -0.2) is 63.0 Å². The molecule has 3 N–H and O–H groups in total. The zero-order valence-corrected chi connectivity index (χ0v) is 16.9. The number of nitrogens with zero attached hydrogens (tertiary/aromatic N) is 1. The maximum atomic E-state index is 12.9. The van der Waals surface area contributed by atoms with Crippen LogP contribution in [-0.2, 0) is 16.1 Å². The van der Waals surface area contributed by atoms with Crippen molar-refractivity contribution >= 4 is 28.8 Å². The number of carbonyl (C=O) groups excluding carboxylic acids is 2. The van der Waals surface area contributed by atoms with Crippen molar-refractivity contribution in [3.63, 3.8) is 0 Å². The number of quaternary nitrogens is 2. The van der Waals surface area contributed by atoms with Gasteiger partial charge in [-0.15, -0.1) is 0 Å². The molecule has 8 heteroatoms. The van der Waals surface area contributed by atoms with Gasteiger partial charge in [-0.25, -0.2) is 4.39 Å². The Morgan fingerprint density at radius 2 is 1.93 bits per heavy atom. The smallest absolute Gasteiger partial charge is 0.279 e. The monoisotopic (exact) mass is 406 g/mol. The lowest BCUT2D eigenvalue weighted by atomic mass is 10.2.